The lowest BCUT2D eigenvalue weighted by molar-refractivity contribution is -0.137. The number of nitrogens with zero attached hydrogens (tertiary/aromatic N) is 2. The highest BCUT2D eigenvalue weighted by molar-refractivity contribution is 9.10. The van der Waals surface area contributed by atoms with Gasteiger partial charge in [0.2, 0.25) is 0 Å². The summed E-state index contributed by atoms with van der Waals surface area (Å²) in [5, 5.41) is 14.9. The first-order valence-electron chi connectivity index (χ1n) is 5.12. The Morgan fingerprint density at radius 2 is 2.17 bits per heavy atom. The minimum Gasteiger partial charge on any atom is -0.480 e. The molecule has 0 saturated heterocycles. The fraction of sp³-hybridized carbons (Fsp3) is 0.500. The monoisotopic (exact) mass is 319 g/mol. The number of carboxylic acid groups (broad SMARTS) is 1. The maximum Gasteiger partial charge on any atom is 0.413 e. The molecule has 0 spiro atoms. The zero-order valence-corrected chi connectivity index (χ0v) is 11.8. The summed E-state index contributed by atoms with van der Waals surface area (Å²) >= 11 is 3.17. The molecule has 0 saturated carbocycles. The quantitative estimate of drug-likeness (QED) is 0.889. The highest BCUT2D eigenvalue weighted by atomic mass is 79.9. The van der Waals surface area contributed by atoms with Crippen LogP contribution in [0.25, 0.3) is 0 Å². The van der Waals surface area contributed by atoms with E-state index in [0.717, 1.165) is 0 Å². The predicted molar refractivity (Wildman–Crippen MR) is 67.4 cm³/mol. The van der Waals surface area contributed by atoms with Crippen LogP contribution in [0.1, 0.15) is 20.8 Å². The van der Waals surface area contributed by atoms with Crippen molar-refractivity contribution in [1.82, 2.24) is 9.78 Å². The summed E-state index contributed by atoms with van der Waals surface area (Å²) in [5.41, 5.74) is -0.611. The molecule has 0 aliphatic rings. The van der Waals surface area contributed by atoms with Gasteiger partial charge in [0, 0.05) is 6.20 Å². The molecule has 0 fully saturated rings. The number of carbonyl (C=O) groups excluding carboxylic acids is 1. The largest absolute Gasteiger partial charge is 0.480 e. The molecule has 18 heavy (non-hydrogen) atoms. The van der Waals surface area contributed by atoms with Crippen LogP contribution in [0.5, 0.6) is 0 Å². The van der Waals surface area contributed by atoms with E-state index < -0.39 is 17.7 Å². The van der Waals surface area contributed by atoms with Crippen molar-refractivity contribution < 1.29 is 19.4 Å². The number of hydrogen-bond donors (Lipinski definition) is 2. The van der Waals surface area contributed by atoms with Gasteiger partial charge in [-0.3, -0.25) is 14.8 Å². The number of aromatic nitrogens is 2. The standard InChI is InChI=1S/C10H14BrN3O4/c1-10(2,3)18-9(17)12-8-6(11)4-14(13-8)5-7(15)16/h4H,5H2,1-3H3,(H,15,16)(H,12,13,17). The molecule has 2 N–H and O–H groups in total. The van der Waals surface area contributed by atoms with Crippen molar-refractivity contribution >= 4 is 33.8 Å². The molecular weight excluding hydrogens is 306 g/mol. The summed E-state index contributed by atoms with van der Waals surface area (Å²) in [6, 6.07) is 0. The summed E-state index contributed by atoms with van der Waals surface area (Å²) in [4.78, 5) is 22.0. The van der Waals surface area contributed by atoms with Crippen LogP contribution in [0.3, 0.4) is 0 Å². The van der Waals surface area contributed by atoms with E-state index in [9.17, 15) is 9.59 Å². The third-order valence-corrected chi connectivity index (χ3v) is 2.21. The van der Waals surface area contributed by atoms with E-state index in [0.29, 0.717) is 4.47 Å². The van der Waals surface area contributed by atoms with Crippen LogP contribution >= 0.6 is 15.9 Å². The van der Waals surface area contributed by atoms with Crippen LogP contribution in [-0.2, 0) is 16.1 Å². The lowest BCUT2D eigenvalue weighted by Gasteiger charge is -2.19. The van der Waals surface area contributed by atoms with Gasteiger partial charge < -0.3 is 9.84 Å². The average molecular weight is 320 g/mol. The van der Waals surface area contributed by atoms with Crippen LogP contribution in [0.4, 0.5) is 10.6 Å². The molecule has 8 heteroatoms. The molecule has 0 aliphatic heterocycles. The summed E-state index contributed by atoms with van der Waals surface area (Å²) in [6.45, 7) is 4.94. The molecule has 7 nitrogen and oxygen atoms in total. The van der Waals surface area contributed by atoms with Crippen LogP contribution < -0.4 is 5.32 Å². The molecule has 1 aromatic rings. The molecule has 100 valence electrons. The number of carbonyl (C=O) groups is 2. The van der Waals surface area contributed by atoms with Gasteiger partial charge in [-0.2, -0.15) is 5.10 Å². The predicted octanol–water partition coefficient (Wildman–Crippen LogP) is 2.08. The van der Waals surface area contributed by atoms with Crippen LogP contribution in [0, 0.1) is 0 Å². The molecular formula is C10H14BrN3O4. The van der Waals surface area contributed by atoms with Crippen LogP contribution in [0.2, 0.25) is 0 Å². The van der Waals surface area contributed by atoms with E-state index >= 15 is 0 Å². The summed E-state index contributed by atoms with van der Waals surface area (Å²) < 4.78 is 6.73. The lowest BCUT2D eigenvalue weighted by atomic mass is 10.2. The van der Waals surface area contributed by atoms with Gasteiger partial charge >= 0.3 is 12.1 Å². The molecule has 1 amide bonds. The lowest BCUT2D eigenvalue weighted by Crippen LogP contribution is -2.27. The number of rotatable bonds is 3. The first-order valence-corrected chi connectivity index (χ1v) is 5.91. The fourth-order valence-corrected chi connectivity index (χ4v) is 1.52. The normalized spacial score (nSPS) is 11.1. The number of nitrogens with one attached hydrogen (secondary N) is 1. The fourth-order valence-electron chi connectivity index (χ4n) is 1.10. The molecule has 0 atom stereocenters. The zero-order chi connectivity index (χ0) is 13.9. The van der Waals surface area contributed by atoms with Crippen molar-refractivity contribution in [2.24, 2.45) is 0 Å². The zero-order valence-electron chi connectivity index (χ0n) is 10.2. The second-order valence-electron chi connectivity index (χ2n) is 4.54. The van der Waals surface area contributed by atoms with Crippen molar-refractivity contribution in [2.45, 2.75) is 32.9 Å². The van der Waals surface area contributed by atoms with E-state index in [-0.39, 0.29) is 12.4 Å². The van der Waals surface area contributed by atoms with Crippen molar-refractivity contribution in [2.75, 3.05) is 5.32 Å². The summed E-state index contributed by atoms with van der Waals surface area (Å²) in [5.74, 6) is -0.806. The Hall–Kier alpha value is -1.57. The van der Waals surface area contributed by atoms with Gasteiger partial charge in [0.25, 0.3) is 0 Å². The summed E-state index contributed by atoms with van der Waals surface area (Å²) in [7, 11) is 0. The first kappa shape index (κ1) is 14.5. The van der Waals surface area contributed by atoms with Crippen molar-refractivity contribution in [1.29, 1.82) is 0 Å². The Balaban J connectivity index is 2.70. The Kier molecular flexibility index (Phi) is 4.33. The van der Waals surface area contributed by atoms with Gasteiger partial charge in [0.1, 0.15) is 12.1 Å². The Morgan fingerprint density at radius 1 is 1.56 bits per heavy atom. The number of aliphatic carboxylic acids is 1. The minimum atomic E-state index is -1.02. The van der Waals surface area contributed by atoms with Gasteiger partial charge in [-0.05, 0) is 36.7 Å². The number of ether oxygens (including phenoxy) is 1. The third kappa shape index (κ3) is 4.74. The molecule has 0 unspecified atom stereocenters. The smallest absolute Gasteiger partial charge is 0.413 e. The molecule has 1 rings (SSSR count). The highest BCUT2D eigenvalue weighted by Crippen LogP contribution is 2.20. The topological polar surface area (TPSA) is 93.5 Å². The number of amides is 1. The van der Waals surface area contributed by atoms with E-state index in [1.165, 1.54) is 10.9 Å². The highest BCUT2D eigenvalue weighted by Gasteiger charge is 2.18. The van der Waals surface area contributed by atoms with E-state index in [2.05, 4.69) is 26.3 Å². The number of halogens is 1. The first-order chi connectivity index (χ1) is 8.17. The number of carboxylic acids is 1. The second kappa shape index (κ2) is 5.38. The molecule has 1 heterocycles. The third-order valence-electron chi connectivity index (χ3n) is 1.63. The van der Waals surface area contributed by atoms with E-state index in [1.54, 1.807) is 20.8 Å². The van der Waals surface area contributed by atoms with Crippen molar-refractivity contribution in [3.8, 4) is 0 Å². The van der Waals surface area contributed by atoms with Gasteiger partial charge in [-0.25, -0.2) is 4.79 Å². The number of anilines is 1. The maximum absolute atomic E-state index is 11.5. The molecule has 0 bridgehead atoms. The SMILES string of the molecule is CC(C)(C)OC(=O)Nc1nn(CC(=O)O)cc1Br. The Labute approximate surface area is 112 Å². The average Bonchev–Trinajstić information content (AvgIpc) is 2.41. The van der Waals surface area contributed by atoms with E-state index in [4.69, 9.17) is 9.84 Å². The van der Waals surface area contributed by atoms with Gasteiger partial charge in [0.15, 0.2) is 5.82 Å². The second-order valence-corrected chi connectivity index (χ2v) is 5.40. The summed E-state index contributed by atoms with van der Waals surface area (Å²) in [6.07, 6.45) is 0.810. The van der Waals surface area contributed by atoms with Gasteiger partial charge in [-0.1, -0.05) is 0 Å². The van der Waals surface area contributed by atoms with Gasteiger partial charge in [-0.15, -0.1) is 0 Å². The van der Waals surface area contributed by atoms with Crippen molar-refractivity contribution in [3.05, 3.63) is 10.7 Å². The number of hydrogen-bond acceptors (Lipinski definition) is 4. The molecule has 0 aromatic carbocycles. The maximum atomic E-state index is 11.5. The molecule has 1 aromatic heterocycles. The Bertz CT molecular complexity index is 464. The van der Waals surface area contributed by atoms with Gasteiger partial charge in [0.05, 0.1) is 4.47 Å². The van der Waals surface area contributed by atoms with E-state index in [1.807, 2.05) is 0 Å². The molecule has 0 aliphatic carbocycles. The molecule has 0 radical (unpaired) electrons. The van der Waals surface area contributed by atoms with Crippen LogP contribution in [-0.4, -0.2) is 32.6 Å². The Morgan fingerprint density at radius 3 is 2.67 bits per heavy atom. The van der Waals surface area contributed by atoms with Crippen LogP contribution in [0.15, 0.2) is 10.7 Å². The van der Waals surface area contributed by atoms with Crippen molar-refractivity contribution in [3.63, 3.8) is 0 Å². The minimum absolute atomic E-state index is 0.213.